The highest BCUT2D eigenvalue weighted by Crippen LogP contribution is 2.27. The van der Waals surface area contributed by atoms with Gasteiger partial charge in [-0.15, -0.1) is 0 Å². The molecule has 2 aromatic carbocycles. The van der Waals surface area contributed by atoms with Gasteiger partial charge in [0.2, 0.25) is 0 Å². The Morgan fingerprint density at radius 2 is 1.50 bits per heavy atom. The van der Waals surface area contributed by atoms with E-state index in [2.05, 4.69) is 0 Å². The van der Waals surface area contributed by atoms with E-state index < -0.39 is 11.9 Å². The van der Waals surface area contributed by atoms with Crippen molar-refractivity contribution in [2.75, 3.05) is 0 Å². The first kappa shape index (κ1) is 21.9. The number of esters is 1. The zero-order chi connectivity index (χ0) is 19.7. The summed E-state index contributed by atoms with van der Waals surface area (Å²) in [5.41, 5.74) is 3.01. The van der Waals surface area contributed by atoms with Crippen molar-refractivity contribution >= 4 is 20.9 Å². The maximum atomic E-state index is 13.2. The first-order valence-electron chi connectivity index (χ1n) is 8.60. The SMILES string of the molecule is CCC(C)OC(=O)C(C(=O)c1c(C)cccc1C)c1ccccc1.O=[PH3]. The van der Waals surface area contributed by atoms with Crippen molar-refractivity contribution in [3.63, 3.8) is 0 Å². The Morgan fingerprint density at radius 3 is 2.00 bits per heavy atom. The lowest BCUT2D eigenvalue weighted by atomic mass is 9.87. The van der Waals surface area contributed by atoms with Gasteiger partial charge >= 0.3 is 5.97 Å². The van der Waals surface area contributed by atoms with Gasteiger partial charge in [0.15, 0.2) is 5.78 Å². The average molecular weight is 374 g/mol. The summed E-state index contributed by atoms with van der Waals surface area (Å²) < 4.78 is 13.8. The number of Topliss-reactive ketones (excluding diaryl/α,β-unsaturated/α-hetero) is 1. The fourth-order valence-electron chi connectivity index (χ4n) is 2.74. The summed E-state index contributed by atoms with van der Waals surface area (Å²) in [7, 11) is 0.611. The normalized spacial score (nSPS) is 12.5. The number of ether oxygens (including phenoxy) is 1. The van der Waals surface area contributed by atoms with Crippen molar-refractivity contribution in [1.82, 2.24) is 0 Å². The molecule has 2 rings (SSSR count). The number of aryl methyl sites for hydroxylation is 2. The van der Waals surface area contributed by atoms with E-state index in [0.29, 0.717) is 26.7 Å². The van der Waals surface area contributed by atoms with Gasteiger partial charge in [-0.25, -0.2) is 0 Å². The molecule has 0 aromatic heterocycles. The van der Waals surface area contributed by atoms with E-state index in [1.807, 2.05) is 64.1 Å². The van der Waals surface area contributed by atoms with Crippen molar-refractivity contribution < 1.29 is 18.9 Å². The predicted molar refractivity (Wildman–Crippen MR) is 107 cm³/mol. The van der Waals surface area contributed by atoms with Crippen molar-refractivity contribution in [3.05, 3.63) is 70.8 Å². The summed E-state index contributed by atoms with van der Waals surface area (Å²) in [5.74, 6) is -1.62. The van der Waals surface area contributed by atoms with Gasteiger partial charge in [-0.1, -0.05) is 55.5 Å². The molecule has 4 nitrogen and oxygen atoms in total. The van der Waals surface area contributed by atoms with Crippen LogP contribution in [0.5, 0.6) is 0 Å². The molecule has 0 N–H and O–H groups in total. The van der Waals surface area contributed by atoms with Gasteiger partial charge in [-0.3, -0.25) is 9.59 Å². The van der Waals surface area contributed by atoms with Crippen LogP contribution in [0.2, 0.25) is 0 Å². The molecule has 0 saturated carbocycles. The second-order valence-electron chi connectivity index (χ2n) is 6.13. The fourth-order valence-corrected chi connectivity index (χ4v) is 2.74. The number of hydrogen-bond acceptors (Lipinski definition) is 4. The minimum atomic E-state index is -0.931. The average Bonchev–Trinajstić information content (AvgIpc) is 2.64. The van der Waals surface area contributed by atoms with Crippen LogP contribution in [-0.2, 0) is 14.1 Å². The lowest BCUT2D eigenvalue weighted by Gasteiger charge is -2.20. The Morgan fingerprint density at radius 1 is 0.962 bits per heavy atom. The van der Waals surface area contributed by atoms with Crippen LogP contribution >= 0.6 is 9.12 Å². The summed E-state index contributed by atoms with van der Waals surface area (Å²) in [6.45, 7) is 7.57. The summed E-state index contributed by atoms with van der Waals surface area (Å²) >= 11 is 0. The predicted octanol–water partition coefficient (Wildman–Crippen LogP) is 4.55. The molecule has 26 heavy (non-hydrogen) atoms. The molecule has 140 valence electrons. The van der Waals surface area contributed by atoms with Crippen LogP contribution in [-0.4, -0.2) is 17.9 Å². The van der Waals surface area contributed by atoms with Crippen LogP contribution in [0.1, 0.15) is 53.2 Å². The Balaban J connectivity index is 0.00000163. The number of hydrogen-bond donors (Lipinski definition) is 0. The molecule has 0 aliphatic rings. The Kier molecular flexibility index (Phi) is 9.01. The van der Waals surface area contributed by atoms with Gasteiger partial charge in [-0.2, -0.15) is 0 Å². The van der Waals surface area contributed by atoms with E-state index in [1.54, 1.807) is 12.1 Å². The molecule has 0 radical (unpaired) electrons. The van der Waals surface area contributed by atoms with Gasteiger partial charge < -0.3 is 9.30 Å². The van der Waals surface area contributed by atoms with E-state index in [1.165, 1.54) is 0 Å². The lowest BCUT2D eigenvalue weighted by molar-refractivity contribution is -0.148. The Labute approximate surface area is 157 Å². The van der Waals surface area contributed by atoms with E-state index in [4.69, 9.17) is 9.30 Å². The molecular weight excluding hydrogens is 347 g/mol. The van der Waals surface area contributed by atoms with Crippen LogP contribution in [0.15, 0.2) is 48.5 Å². The van der Waals surface area contributed by atoms with Gasteiger partial charge in [0, 0.05) is 5.56 Å². The molecule has 3 unspecified atom stereocenters. The number of rotatable bonds is 6. The molecule has 5 heteroatoms. The summed E-state index contributed by atoms with van der Waals surface area (Å²) in [6.07, 6.45) is 0.500. The van der Waals surface area contributed by atoms with Gasteiger partial charge in [0.05, 0.1) is 15.2 Å². The second-order valence-corrected chi connectivity index (χ2v) is 6.13. The smallest absolute Gasteiger partial charge is 0.321 e. The highest BCUT2D eigenvalue weighted by Gasteiger charge is 2.33. The Bertz CT molecular complexity index is 723. The number of ketones is 1. The van der Waals surface area contributed by atoms with Crippen molar-refractivity contribution in [2.45, 2.75) is 46.1 Å². The van der Waals surface area contributed by atoms with Crippen molar-refractivity contribution in [1.29, 1.82) is 0 Å². The second kappa shape index (κ2) is 10.7. The minimum Gasteiger partial charge on any atom is -0.462 e. The highest BCUT2D eigenvalue weighted by atomic mass is 31.0. The van der Waals surface area contributed by atoms with Crippen LogP contribution in [0, 0.1) is 13.8 Å². The molecular formula is C21H27O4P. The number of carbonyl (C=O) groups is 2. The summed E-state index contributed by atoms with van der Waals surface area (Å²) in [6, 6.07) is 14.8. The largest absolute Gasteiger partial charge is 0.462 e. The Hall–Kier alpha value is -2.19. The van der Waals surface area contributed by atoms with E-state index in [-0.39, 0.29) is 11.9 Å². The lowest BCUT2D eigenvalue weighted by Crippen LogP contribution is -2.28. The van der Waals surface area contributed by atoms with Gasteiger partial charge in [0.25, 0.3) is 0 Å². The molecule has 3 atom stereocenters. The molecule has 0 bridgehead atoms. The summed E-state index contributed by atoms with van der Waals surface area (Å²) in [4.78, 5) is 25.9. The third-order valence-electron chi connectivity index (χ3n) is 4.25. The van der Waals surface area contributed by atoms with Crippen LogP contribution < -0.4 is 0 Å². The fraction of sp³-hybridized carbons (Fsp3) is 0.333. The minimum absolute atomic E-state index is 0.204. The van der Waals surface area contributed by atoms with E-state index >= 15 is 0 Å². The summed E-state index contributed by atoms with van der Waals surface area (Å²) in [5, 5.41) is 0. The first-order chi connectivity index (χ1) is 12.5. The maximum absolute atomic E-state index is 13.2. The number of benzene rings is 2. The molecule has 0 amide bonds. The molecule has 0 spiro atoms. The van der Waals surface area contributed by atoms with Crippen molar-refractivity contribution in [2.24, 2.45) is 0 Å². The molecule has 2 aromatic rings. The molecule has 0 aliphatic carbocycles. The first-order valence-corrected chi connectivity index (χ1v) is 9.18. The zero-order valence-electron chi connectivity index (χ0n) is 15.8. The highest BCUT2D eigenvalue weighted by molar-refractivity contribution is 7.00. The van der Waals surface area contributed by atoms with Gasteiger partial charge in [0.1, 0.15) is 5.92 Å². The topological polar surface area (TPSA) is 60.4 Å². The van der Waals surface area contributed by atoms with Crippen molar-refractivity contribution in [3.8, 4) is 0 Å². The molecule has 0 saturated heterocycles. The van der Waals surface area contributed by atoms with Crippen LogP contribution in [0.4, 0.5) is 0 Å². The van der Waals surface area contributed by atoms with E-state index in [0.717, 1.165) is 11.1 Å². The van der Waals surface area contributed by atoms with Crippen LogP contribution in [0.3, 0.4) is 0 Å². The standard InChI is InChI=1S/C21H24O3.H3OP/c1-5-16(4)24-21(23)19(17-12-7-6-8-13-17)20(22)18-14(2)10-9-11-15(18)3;1-2/h6-13,16,19H,5H2,1-4H3;2H3. The van der Waals surface area contributed by atoms with Gasteiger partial charge in [-0.05, 0) is 43.9 Å². The monoisotopic (exact) mass is 374 g/mol. The molecule has 0 heterocycles. The zero-order valence-corrected chi connectivity index (χ0v) is 17.2. The maximum Gasteiger partial charge on any atom is 0.321 e. The van der Waals surface area contributed by atoms with Crippen LogP contribution in [0.25, 0.3) is 0 Å². The number of carbonyl (C=O) groups excluding carboxylic acids is 2. The molecule has 0 fully saturated rings. The third kappa shape index (κ3) is 5.40. The third-order valence-corrected chi connectivity index (χ3v) is 4.25. The van der Waals surface area contributed by atoms with E-state index in [9.17, 15) is 9.59 Å². The quantitative estimate of drug-likeness (QED) is 0.322. The molecule has 0 aliphatic heterocycles.